The fraction of sp³-hybridized carbons (Fsp3) is 0.263. The molecule has 0 aliphatic carbocycles. The number of nitrogens with zero attached hydrogens (tertiary/aromatic N) is 1. The molecule has 2 aromatic rings. The molecule has 2 rings (SSSR count). The monoisotopic (exact) mass is 393 g/mol. The summed E-state index contributed by atoms with van der Waals surface area (Å²) in [7, 11) is 1.57. The number of nitrogens with one attached hydrogen (secondary N) is 2. The molecule has 8 heteroatoms. The molecule has 0 atom stereocenters. The molecule has 0 radical (unpaired) electrons. The van der Waals surface area contributed by atoms with Crippen molar-refractivity contribution in [2.75, 3.05) is 37.4 Å². The molecule has 0 saturated carbocycles. The predicted octanol–water partition coefficient (Wildman–Crippen LogP) is 3.39. The number of amides is 2. The maximum atomic E-state index is 13.1. The minimum absolute atomic E-state index is 0.000236. The van der Waals surface area contributed by atoms with Crippen LogP contribution >= 0.6 is 11.6 Å². The van der Waals surface area contributed by atoms with Crippen LogP contribution in [0.3, 0.4) is 0 Å². The van der Waals surface area contributed by atoms with Crippen LogP contribution in [0.5, 0.6) is 5.75 Å². The van der Waals surface area contributed by atoms with Crippen LogP contribution < -0.4 is 15.4 Å². The quantitative estimate of drug-likeness (QED) is 0.721. The van der Waals surface area contributed by atoms with E-state index in [0.717, 1.165) is 6.07 Å². The molecule has 0 aliphatic rings. The average Bonchev–Trinajstić information content (AvgIpc) is 2.64. The topological polar surface area (TPSA) is 70.7 Å². The summed E-state index contributed by atoms with van der Waals surface area (Å²) < 4.78 is 18.1. The van der Waals surface area contributed by atoms with Crippen molar-refractivity contribution in [2.24, 2.45) is 0 Å². The van der Waals surface area contributed by atoms with E-state index in [2.05, 4.69) is 10.6 Å². The van der Waals surface area contributed by atoms with Crippen molar-refractivity contribution in [1.29, 1.82) is 0 Å². The highest BCUT2D eigenvalue weighted by molar-refractivity contribution is 6.33. The number of ether oxygens (including phenoxy) is 1. The Balaban J connectivity index is 1.87. The number of methoxy groups -OCH3 is 1. The van der Waals surface area contributed by atoms with Crippen LogP contribution in [-0.2, 0) is 9.59 Å². The Hall–Kier alpha value is -2.64. The van der Waals surface area contributed by atoms with E-state index >= 15 is 0 Å². The van der Waals surface area contributed by atoms with Gasteiger partial charge in [0.1, 0.15) is 11.6 Å². The van der Waals surface area contributed by atoms with E-state index in [9.17, 15) is 14.0 Å². The first-order valence-electron chi connectivity index (χ1n) is 8.32. The second kappa shape index (κ2) is 9.89. The van der Waals surface area contributed by atoms with Gasteiger partial charge < -0.3 is 15.4 Å². The van der Waals surface area contributed by atoms with Crippen molar-refractivity contribution in [3.05, 3.63) is 53.3 Å². The molecule has 0 heterocycles. The lowest BCUT2D eigenvalue weighted by Gasteiger charge is -2.19. The normalized spacial score (nSPS) is 10.6. The molecule has 0 fully saturated rings. The highest BCUT2D eigenvalue weighted by Gasteiger charge is 2.14. The van der Waals surface area contributed by atoms with Crippen molar-refractivity contribution in [3.8, 4) is 5.75 Å². The molecule has 0 saturated heterocycles. The minimum atomic E-state index is -0.483. The van der Waals surface area contributed by atoms with Crippen LogP contribution in [0.15, 0.2) is 42.5 Å². The summed E-state index contributed by atoms with van der Waals surface area (Å²) in [6.45, 7) is 2.40. The number of likely N-dealkylation sites (N-methyl/N-ethyl adjacent to an activating group) is 1. The lowest BCUT2D eigenvalue weighted by molar-refractivity contribution is -0.119. The predicted molar refractivity (Wildman–Crippen MR) is 104 cm³/mol. The number of rotatable bonds is 8. The van der Waals surface area contributed by atoms with Crippen molar-refractivity contribution >= 4 is 34.8 Å². The average molecular weight is 394 g/mol. The Labute approximate surface area is 162 Å². The molecule has 0 aromatic heterocycles. The maximum Gasteiger partial charge on any atom is 0.238 e. The third-order valence-corrected chi connectivity index (χ3v) is 4.07. The van der Waals surface area contributed by atoms with Gasteiger partial charge in [0.15, 0.2) is 0 Å². The highest BCUT2D eigenvalue weighted by atomic mass is 35.5. The van der Waals surface area contributed by atoms with Gasteiger partial charge in [-0.1, -0.05) is 18.5 Å². The summed E-state index contributed by atoms with van der Waals surface area (Å²) in [5.41, 5.74) is 0.959. The number of benzene rings is 2. The number of hydrogen-bond acceptors (Lipinski definition) is 4. The molecule has 2 aromatic carbocycles. The van der Waals surface area contributed by atoms with Crippen molar-refractivity contribution in [1.82, 2.24) is 4.90 Å². The van der Waals surface area contributed by atoms with E-state index in [1.807, 2.05) is 6.92 Å². The molecule has 144 valence electrons. The third kappa shape index (κ3) is 6.54. The lowest BCUT2D eigenvalue weighted by Crippen LogP contribution is -2.38. The van der Waals surface area contributed by atoms with Gasteiger partial charge in [-0.3, -0.25) is 14.5 Å². The molecule has 0 aliphatic heterocycles. The van der Waals surface area contributed by atoms with E-state index in [1.54, 1.807) is 36.3 Å². The van der Waals surface area contributed by atoms with Crippen molar-refractivity contribution < 1.29 is 18.7 Å². The third-order valence-electron chi connectivity index (χ3n) is 3.76. The molecule has 0 spiro atoms. The first kappa shape index (κ1) is 20.7. The van der Waals surface area contributed by atoms with E-state index in [-0.39, 0.29) is 29.9 Å². The Morgan fingerprint density at radius 2 is 1.70 bits per heavy atom. The Morgan fingerprint density at radius 3 is 2.26 bits per heavy atom. The largest absolute Gasteiger partial charge is 0.497 e. The number of anilines is 2. The second-order valence-corrected chi connectivity index (χ2v) is 6.16. The van der Waals surface area contributed by atoms with Crippen LogP contribution in [0.1, 0.15) is 6.92 Å². The molecule has 0 unspecified atom stereocenters. The summed E-state index contributed by atoms with van der Waals surface area (Å²) in [5, 5.41) is 5.49. The van der Waals surface area contributed by atoms with Crippen LogP contribution in [0.25, 0.3) is 0 Å². The maximum absolute atomic E-state index is 13.1. The minimum Gasteiger partial charge on any atom is -0.497 e. The fourth-order valence-electron chi connectivity index (χ4n) is 2.34. The van der Waals surface area contributed by atoms with E-state index in [1.165, 1.54) is 12.1 Å². The Bertz CT molecular complexity index is 799. The van der Waals surface area contributed by atoms with Gasteiger partial charge in [0.25, 0.3) is 0 Å². The molecular weight excluding hydrogens is 373 g/mol. The lowest BCUT2D eigenvalue weighted by atomic mass is 10.3. The highest BCUT2D eigenvalue weighted by Crippen LogP contribution is 2.22. The molecule has 6 nitrogen and oxygen atoms in total. The second-order valence-electron chi connectivity index (χ2n) is 5.75. The number of carbonyl (C=O) groups is 2. The summed E-state index contributed by atoms with van der Waals surface area (Å²) >= 11 is 5.90. The SMILES string of the molecule is CCN(CC(=O)Nc1ccc(OC)cc1)CC(=O)Nc1ccc(F)cc1Cl. The molecule has 2 N–H and O–H groups in total. The van der Waals surface area contributed by atoms with Gasteiger partial charge in [-0.2, -0.15) is 0 Å². The zero-order valence-corrected chi connectivity index (χ0v) is 15.8. The van der Waals surface area contributed by atoms with E-state index in [4.69, 9.17) is 16.3 Å². The molecular formula is C19H21ClFN3O3. The van der Waals surface area contributed by atoms with E-state index < -0.39 is 5.82 Å². The van der Waals surface area contributed by atoms with Gasteiger partial charge in [-0.15, -0.1) is 0 Å². The van der Waals surface area contributed by atoms with Gasteiger partial charge in [-0.25, -0.2) is 4.39 Å². The molecule has 27 heavy (non-hydrogen) atoms. The van der Waals surface area contributed by atoms with Gasteiger partial charge >= 0.3 is 0 Å². The summed E-state index contributed by atoms with van der Waals surface area (Å²) in [6, 6.07) is 10.7. The van der Waals surface area contributed by atoms with Crippen LogP contribution in [0, 0.1) is 5.82 Å². The zero-order valence-electron chi connectivity index (χ0n) is 15.1. The van der Waals surface area contributed by atoms with Crippen LogP contribution in [-0.4, -0.2) is 43.5 Å². The Kier molecular flexibility index (Phi) is 7.57. The number of carbonyl (C=O) groups excluding carboxylic acids is 2. The van der Waals surface area contributed by atoms with Crippen molar-refractivity contribution in [3.63, 3.8) is 0 Å². The first-order chi connectivity index (χ1) is 12.9. The smallest absolute Gasteiger partial charge is 0.238 e. The van der Waals surface area contributed by atoms with Crippen LogP contribution in [0.2, 0.25) is 5.02 Å². The van der Waals surface area contributed by atoms with E-state index in [0.29, 0.717) is 23.7 Å². The van der Waals surface area contributed by atoms with Gasteiger partial charge in [0, 0.05) is 5.69 Å². The summed E-state index contributed by atoms with van der Waals surface area (Å²) in [6.07, 6.45) is 0. The Morgan fingerprint density at radius 1 is 1.07 bits per heavy atom. The zero-order chi connectivity index (χ0) is 19.8. The number of hydrogen-bond donors (Lipinski definition) is 2. The van der Waals surface area contributed by atoms with Crippen molar-refractivity contribution in [2.45, 2.75) is 6.92 Å². The van der Waals surface area contributed by atoms with Gasteiger partial charge in [0.2, 0.25) is 11.8 Å². The molecule has 2 amide bonds. The van der Waals surface area contributed by atoms with Crippen LogP contribution in [0.4, 0.5) is 15.8 Å². The molecule has 0 bridgehead atoms. The standard InChI is InChI=1S/C19H21ClFN3O3/c1-3-24(11-18(25)22-14-5-7-15(27-2)8-6-14)12-19(26)23-17-9-4-13(21)10-16(17)20/h4-10H,3,11-12H2,1-2H3,(H,22,25)(H,23,26). The fourth-order valence-corrected chi connectivity index (χ4v) is 2.56. The summed E-state index contributed by atoms with van der Waals surface area (Å²) in [5.74, 6) is -0.375. The van der Waals surface area contributed by atoms with Gasteiger partial charge in [0.05, 0.1) is 30.9 Å². The number of halogens is 2. The van der Waals surface area contributed by atoms with Gasteiger partial charge in [-0.05, 0) is 49.0 Å². The summed E-state index contributed by atoms with van der Waals surface area (Å²) in [4.78, 5) is 26.0. The first-order valence-corrected chi connectivity index (χ1v) is 8.70.